The summed E-state index contributed by atoms with van der Waals surface area (Å²) >= 11 is 4.39. The molecule has 0 saturated carbocycles. The summed E-state index contributed by atoms with van der Waals surface area (Å²) in [7, 11) is 3.74. The molecular formula is C25H27BrN2O3S. The largest absolute Gasteiger partial charge is 0.496 e. The number of halogens is 1. The van der Waals surface area contributed by atoms with Crippen LogP contribution in [0.4, 0.5) is 10.5 Å². The zero-order valence-corrected chi connectivity index (χ0v) is 21.3. The van der Waals surface area contributed by atoms with Crippen LogP contribution in [-0.2, 0) is 11.3 Å². The molecule has 1 saturated heterocycles. The molecule has 5 nitrogen and oxygen atoms in total. The average Bonchev–Trinajstić information content (AvgIpc) is 3.00. The van der Waals surface area contributed by atoms with Gasteiger partial charge in [0.15, 0.2) is 0 Å². The summed E-state index contributed by atoms with van der Waals surface area (Å²) in [6, 6.07) is 11.8. The normalized spacial score (nSPS) is 21.3. The van der Waals surface area contributed by atoms with Crippen molar-refractivity contribution in [2.45, 2.75) is 45.2 Å². The first-order valence-electron chi connectivity index (χ1n) is 10.6. The number of rotatable bonds is 4. The van der Waals surface area contributed by atoms with E-state index < -0.39 is 0 Å². The Bertz CT molecular complexity index is 1110. The van der Waals surface area contributed by atoms with Gasteiger partial charge >= 0.3 is 0 Å². The summed E-state index contributed by atoms with van der Waals surface area (Å²) in [5, 5.41) is -0.254. The molecular weight excluding hydrogens is 488 g/mol. The summed E-state index contributed by atoms with van der Waals surface area (Å²) in [6.45, 7) is 6.98. The van der Waals surface area contributed by atoms with Crippen LogP contribution in [0.15, 0.2) is 45.8 Å². The van der Waals surface area contributed by atoms with Gasteiger partial charge in [-0.2, -0.15) is 0 Å². The van der Waals surface area contributed by atoms with Gasteiger partial charge in [0.25, 0.3) is 11.1 Å². The minimum Gasteiger partial charge on any atom is -0.496 e. The number of anilines is 1. The van der Waals surface area contributed by atoms with E-state index in [1.807, 2.05) is 30.3 Å². The molecule has 4 rings (SSSR count). The SMILES string of the molecule is COc1cc2c(cc1/C=C1/SC(=O)N(Cc3ccc(Br)cc3)C1=O)C(C)CC(C)(C)N2C. The second kappa shape index (κ2) is 8.60. The molecule has 1 atom stereocenters. The standard InChI is InChI=1S/C25H27BrN2O3S/c1-15-13-25(2,3)27(4)20-12-21(31-5)17(10-19(15)20)11-22-23(29)28(24(30)32-22)14-16-6-8-18(26)9-7-16/h6-12,15H,13-14H2,1-5H3/b22-11+. The van der Waals surface area contributed by atoms with E-state index in [0.717, 1.165) is 39.5 Å². The Morgan fingerprint density at radius 2 is 1.91 bits per heavy atom. The highest BCUT2D eigenvalue weighted by Gasteiger charge is 2.37. The topological polar surface area (TPSA) is 49.9 Å². The number of methoxy groups -OCH3 is 1. The van der Waals surface area contributed by atoms with Gasteiger partial charge in [0.05, 0.1) is 18.6 Å². The number of hydrogen-bond acceptors (Lipinski definition) is 5. The average molecular weight is 515 g/mol. The molecule has 0 radical (unpaired) electrons. The lowest BCUT2D eigenvalue weighted by molar-refractivity contribution is -0.123. The number of amides is 2. The van der Waals surface area contributed by atoms with Crippen LogP contribution in [0.1, 0.15) is 49.8 Å². The lowest BCUT2D eigenvalue weighted by Gasteiger charge is -2.45. The van der Waals surface area contributed by atoms with E-state index in [9.17, 15) is 9.59 Å². The van der Waals surface area contributed by atoms with E-state index >= 15 is 0 Å². The fourth-order valence-corrected chi connectivity index (χ4v) is 5.54. The van der Waals surface area contributed by atoms with E-state index in [-0.39, 0.29) is 23.2 Å². The van der Waals surface area contributed by atoms with Gasteiger partial charge in [-0.3, -0.25) is 14.5 Å². The maximum absolute atomic E-state index is 13.0. The Hall–Kier alpha value is -2.25. The fourth-order valence-electron chi connectivity index (χ4n) is 4.45. The van der Waals surface area contributed by atoms with Crippen molar-refractivity contribution >= 4 is 50.6 Å². The molecule has 1 unspecified atom stereocenters. The number of imide groups is 1. The fraction of sp³-hybridized carbons (Fsp3) is 0.360. The summed E-state index contributed by atoms with van der Waals surface area (Å²) in [4.78, 5) is 29.6. The third-order valence-electron chi connectivity index (χ3n) is 6.40. The van der Waals surface area contributed by atoms with Crippen LogP contribution < -0.4 is 9.64 Å². The van der Waals surface area contributed by atoms with E-state index in [1.54, 1.807) is 13.2 Å². The van der Waals surface area contributed by atoms with Gasteiger partial charge in [0.1, 0.15) is 5.75 Å². The highest BCUT2D eigenvalue weighted by atomic mass is 79.9. The number of hydrogen-bond donors (Lipinski definition) is 0. The predicted molar refractivity (Wildman–Crippen MR) is 134 cm³/mol. The van der Waals surface area contributed by atoms with Crippen molar-refractivity contribution in [2.75, 3.05) is 19.1 Å². The first kappa shape index (κ1) is 22.9. The van der Waals surface area contributed by atoms with E-state index in [0.29, 0.717) is 16.6 Å². The summed E-state index contributed by atoms with van der Waals surface area (Å²) in [6.07, 6.45) is 2.82. The molecule has 0 spiro atoms. The monoisotopic (exact) mass is 514 g/mol. The smallest absolute Gasteiger partial charge is 0.293 e. The molecule has 0 aromatic heterocycles. The minimum absolute atomic E-state index is 0.0502. The van der Waals surface area contributed by atoms with Crippen LogP contribution >= 0.6 is 27.7 Å². The second-order valence-corrected chi connectivity index (χ2v) is 10.9. The molecule has 2 aromatic carbocycles. The van der Waals surface area contributed by atoms with Gasteiger partial charge in [0, 0.05) is 34.4 Å². The molecule has 1 fully saturated rings. The quantitative estimate of drug-likeness (QED) is 0.440. The van der Waals surface area contributed by atoms with Gasteiger partial charge in [0.2, 0.25) is 0 Å². The Balaban J connectivity index is 1.66. The maximum atomic E-state index is 13.0. The maximum Gasteiger partial charge on any atom is 0.293 e. The van der Waals surface area contributed by atoms with E-state index in [1.165, 1.54) is 10.5 Å². The second-order valence-electron chi connectivity index (χ2n) is 9.02. The molecule has 168 valence electrons. The van der Waals surface area contributed by atoms with Gasteiger partial charge in [-0.15, -0.1) is 0 Å². The zero-order valence-electron chi connectivity index (χ0n) is 18.9. The van der Waals surface area contributed by atoms with Crippen molar-refractivity contribution in [3.8, 4) is 5.75 Å². The van der Waals surface area contributed by atoms with Crippen LogP contribution in [0.5, 0.6) is 5.75 Å². The summed E-state index contributed by atoms with van der Waals surface area (Å²) < 4.78 is 6.63. The number of thioether (sulfide) groups is 1. The molecule has 7 heteroatoms. The first-order chi connectivity index (χ1) is 15.1. The van der Waals surface area contributed by atoms with Gasteiger partial charge in [-0.1, -0.05) is 35.0 Å². The number of carbonyl (C=O) groups is 2. The van der Waals surface area contributed by atoms with Crippen molar-refractivity contribution in [1.82, 2.24) is 4.90 Å². The number of carbonyl (C=O) groups excluding carboxylic acids is 2. The number of benzene rings is 2. The van der Waals surface area contributed by atoms with Gasteiger partial charge in [-0.05, 0) is 73.4 Å². The highest BCUT2D eigenvalue weighted by Crippen LogP contribution is 2.46. The van der Waals surface area contributed by atoms with Crippen molar-refractivity contribution in [3.63, 3.8) is 0 Å². The van der Waals surface area contributed by atoms with Crippen LogP contribution in [0.3, 0.4) is 0 Å². The van der Waals surface area contributed by atoms with Crippen LogP contribution in [-0.4, -0.2) is 35.7 Å². The van der Waals surface area contributed by atoms with E-state index in [2.05, 4.69) is 54.7 Å². The number of nitrogens with zero attached hydrogens (tertiary/aromatic N) is 2. The van der Waals surface area contributed by atoms with Gasteiger partial charge in [-0.25, -0.2) is 0 Å². The lowest BCUT2D eigenvalue weighted by Crippen LogP contribution is -2.45. The molecule has 2 aliphatic rings. The van der Waals surface area contributed by atoms with Gasteiger partial charge < -0.3 is 9.64 Å². The van der Waals surface area contributed by atoms with Crippen LogP contribution in [0.25, 0.3) is 6.08 Å². The Morgan fingerprint density at radius 3 is 2.56 bits per heavy atom. The number of ether oxygens (including phenoxy) is 1. The van der Waals surface area contributed by atoms with Crippen molar-refractivity contribution in [3.05, 3.63) is 62.5 Å². The lowest BCUT2D eigenvalue weighted by atomic mass is 9.80. The van der Waals surface area contributed by atoms with Crippen LogP contribution in [0, 0.1) is 0 Å². The number of fused-ring (bicyclic) bond motifs is 1. The summed E-state index contributed by atoms with van der Waals surface area (Å²) in [5.41, 5.74) is 4.15. The third-order valence-corrected chi connectivity index (χ3v) is 7.84. The molecule has 32 heavy (non-hydrogen) atoms. The first-order valence-corrected chi connectivity index (χ1v) is 12.2. The minimum atomic E-state index is -0.269. The van der Waals surface area contributed by atoms with E-state index in [4.69, 9.17) is 4.74 Å². The summed E-state index contributed by atoms with van der Waals surface area (Å²) in [5.74, 6) is 0.802. The predicted octanol–water partition coefficient (Wildman–Crippen LogP) is 6.42. The zero-order chi connectivity index (χ0) is 23.2. The molecule has 2 heterocycles. The van der Waals surface area contributed by atoms with Crippen molar-refractivity contribution in [1.29, 1.82) is 0 Å². The van der Waals surface area contributed by atoms with Crippen molar-refractivity contribution < 1.29 is 14.3 Å². The molecule has 0 N–H and O–H groups in total. The highest BCUT2D eigenvalue weighted by molar-refractivity contribution is 9.10. The third kappa shape index (κ3) is 4.20. The Kier molecular flexibility index (Phi) is 6.16. The molecule has 2 amide bonds. The Labute approximate surface area is 201 Å². The molecule has 0 aliphatic carbocycles. The Morgan fingerprint density at radius 1 is 1.22 bits per heavy atom. The molecule has 2 aliphatic heterocycles. The molecule has 0 bridgehead atoms. The van der Waals surface area contributed by atoms with Crippen LogP contribution in [0.2, 0.25) is 0 Å². The van der Waals surface area contributed by atoms with Crippen molar-refractivity contribution in [2.24, 2.45) is 0 Å². The molecule has 2 aromatic rings.